The van der Waals surface area contributed by atoms with Crippen LogP contribution in [0.15, 0.2) is 29.9 Å². The smallest absolute Gasteiger partial charge is 0.138 e. The van der Waals surface area contributed by atoms with Crippen LogP contribution in [0.1, 0.15) is 11.8 Å². The molecule has 0 spiro atoms. The van der Waals surface area contributed by atoms with Crippen molar-refractivity contribution >= 4 is 28.6 Å². The van der Waals surface area contributed by atoms with Gasteiger partial charge in [0.2, 0.25) is 0 Å². The molecule has 0 aliphatic heterocycles. The van der Waals surface area contributed by atoms with Crippen molar-refractivity contribution in [1.82, 2.24) is 4.98 Å². The van der Waals surface area contributed by atoms with Gasteiger partial charge in [0, 0.05) is 16.8 Å². The summed E-state index contributed by atoms with van der Waals surface area (Å²) in [6.45, 7) is 3.31. The second kappa shape index (κ2) is 5.89. The minimum Gasteiger partial charge on any atom is -0.492 e. The Morgan fingerprint density at radius 3 is 3.00 bits per heavy atom. The monoisotopic (exact) mass is 268 g/mol. The highest BCUT2D eigenvalue weighted by atomic mass is 35.5. The molecule has 0 atom stereocenters. The lowest BCUT2D eigenvalue weighted by molar-refractivity contribution is 0.340. The predicted molar refractivity (Wildman–Crippen MR) is 72.1 cm³/mol. The van der Waals surface area contributed by atoms with Crippen LogP contribution in [0.3, 0.4) is 0 Å². The molecule has 0 saturated carbocycles. The molecule has 0 bridgehead atoms. The summed E-state index contributed by atoms with van der Waals surface area (Å²) in [7, 11) is 0. The zero-order valence-corrected chi connectivity index (χ0v) is 11.0. The first-order valence-corrected chi connectivity index (χ1v) is 6.59. The molecule has 17 heavy (non-hydrogen) atoms. The molecule has 3 nitrogen and oxygen atoms in total. The van der Waals surface area contributed by atoms with Crippen molar-refractivity contribution in [1.29, 1.82) is 0 Å². The van der Waals surface area contributed by atoms with Crippen molar-refractivity contribution in [2.45, 2.75) is 13.5 Å². The third-order valence-corrected chi connectivity index (χ3v) is 3.26. The van der Waals surface area contributed by atoms with E-state index in [-0.39, 0.29) is 0 Å². The molecule has 0 saturated heterocycles. The molecule has 1 heterocycles. The number of anilines is 1. The van der Waals surface area contributed by atoms with Gasteiger partial charge < -0.3 is 10.1 Å². The average Bonchev–Trinajstić information content (AvgIpc) is 2.83. The van der Waals surface area contributed by atoms with Crippen LogP contribution in [0, 0.1) is 0 Å². The van der Waals surface area contributed by atoms with Crippen LogP contribution in [0.4, 0.5) is 5.69 Å². The van der Waals surface area contributed by atoms with E-state index in [1.54, 1.807) is 11.3 Å². The van der Waals surface area contributed by atoms with E-state index in [9.17, 15) is 0 Å². The van der Waals surface area contributed by atoms with Crippen molar-refractivity contribution < 1.29 is 4.74 Å². The molecule has 1 aromatic heterocycles. The summed E-state index contributed by atoms with van der Waals surface area (Å²) in [5.74, 6) is 0.720. The van der Waals surface area contributed by atoms with Gasteiger partial charge in [-0.2, -0.15) is 0 Å². The van der Waals surface area contributed by atoms with Gasteiger partial charge in [0.25, 0.3) is 0 Å². The Hall–Kier alpha value is -1.26. The average molecular weight is 269 g/mol. The van der Waals surface area contributed by atoms with E-state index in [1.807, 2.05) is 36.8 Å². The van der Waals surface area contributed by atoms with Crippen LogP contribution in [-0.2, 0) is 6.54 Å². The van der Waals surface area contributed by atoms with E-state index >= 15 is 0 Å². The van der Waals surface area contributed by atoms with Gasteiger partial charge in [-0.05, 0) is 25.1 Å². The van der Waals surface area contributed by atoms with Crippen LogP contribution in [-0.4, -0.2) is 11.6 Å². The molecule has 0 aliphatic carbocycles. The number of nitrogens with zero attached hydrogens (tertiary/aromatic N) is 1. The first kappa shape index (κ1) is 12.2. The van der Waals surface area contributed by atoms with Gasteiger partial charge in [-0.25, -0.2) is 0 Å². The van der Waals surface area contributed by atoms with Gasteiger partial charge in [-0.15, -0.1) is 11.3 Å². The van der Waals surface area contributed by atoms with E-state index in [4.69, 9.17) is 16.3 Å². The van der Waals surface area contributed by atoms with Crippen molar-refractivity contribution in [3.8, 4) is 5.75 Å². The Kier molecular flexibility index (Phi) is 4.23. The van der Waals surface area contributed by atoms with Gasteiger partial charge in [0.05, 0.1) is 23.7 Å². The van der Waals surface area contributed by atoms with Gasteiger partial charge in [0.1, 0.15) is 5.75 Å². The minimum atomic E-state index is 0.618. The summed E-state index contributed by atoms with van der Waals surface area (Å²) in [6.07, 6.45) is 1.85. The van der Waals surface area contributed by atoms with Crippen LogP contribution in [0.25, 0.3) is 0 Å². The third kappa shape index (κ3) is 3.35. The quantitative estimate of drug-likeness (QED) is 0.895. The third-order valence-electron chi connectivity index (χ3n) is 2.18. The van der Waals surface area contributed by atoms with Crippen LogP contribution >= 0.6 is 22.9 Å². The SMILES string of the molecule is CCOc1ccc(NCc2cncs2)cc1Cl. The van der Waals surface area contributed by atoms with Gasteiger partial charge in [0.15, 0.2) is 0 Å². The van der Waals surface area contributed by atoms with Gasteiger partial charge in [-0.1, -0.05) is 11.6 Å². The summed E-state index contributed by atoms with van der Waals surface area (Å²) in [4.78, 5) is 5.21. The fraction of sp³-hybridized carbons (Fsp3) is 0.250. The fourth-order valence-electron chi connectivity index (χ4n) is 1.40. The Morgan fingerprint density at radius 1 is 1.47 bits per heavy atom. The number of halogens is 1. The second-order valence-electron chi connectivity index (χ2n) is 3.40. The van der Waals surface area contributed by atoms with E-state index in [1.165, 1.54) is 4.88 Å². The van der Waals surface area contributed by atoms with E-state index in [2.05, 4.69) is 10.3 Å². The zero-order valence-electron chi connectivity index (χ0n) is 9.44. The minimum absolute atomic E-state index is 0.618. The standard InChI is InChI=1S/C12H13ClN2OS/c1-2-16-12-4-3-9(5-11(12)13)15-7-10-6-14-8-17-10/h3-6,8,15H,2,7H2,1H3. The molecule has 0 fully saturated rings. The summed E-state index contributed by atoms with van der Waals surface area (Å²) < 4.78 is 5.37. The number of benzene rings is 1. The van der Waals surface area contributed by atoms with Crippen molar-refractivity contribution in [3.05, 3.63) is 39.8 Å². The number of rotatable bonds is 5. The molecule has 90 valence electrons. The molecule has 1 aromatic carbocycles. The maximum atomic E-state index is 6.09. The normalized spacial score (nSPS) is 10.2. The molecular weight excluding hydrogens is 256 g/mol. The highest BCUT2D eigenvalue weighted by molar-refractivity contribution is 7.09. The Balaban J connectivity index is 2.00. The lowest BCUT2D eigenvalue weighted by Gasteiger charge is -2.09. The summed E-state index contributed by atoms with van der Waals surface area (Å²) in [5, 5.41) is 3.91. The Bertz CT molecular complexity index is 473. The number of thiazole rings is 1. The van der Waals surface area contributed by atoms with Gasteiger partial charge >= 0.3 is 0 Å². The first-order valence-electron chi connectivity index (χ1n) is 5.33. The van der Waals surface area contributed by atoms with Crippen molar-refractivity contribution in [3.63, 3.8) is 0 Å². The first-order chi connectivity index (χ1) is 8.29. The lowest BCUT2D eigenvalue weighted by Crippen LogP contribution is -1.98. The van der Waals surface area contributed by atoms with E-state index in [0.717, 1.165) is 18.0 Å². The van der Waals surface area contributed by atoms with Crippen LogP contribution < -0.4 is 10.1 Å². The molecule has 0 unspecified atom stereocenters. The second-order valence-corrected chi connectivity index (χ2v) is 4.78. The maximum absolute atomic E-state index is 6.09. The number of nitrogens with one attached hydrogen (secondary N) is 1. The maximum Gasteiger partial charge on any atom is 0.138 e. The molecular formula is C12H13ClN2OS. The summed E-state index contributed by atoms with van der Waals surface area (Å²) >= 11 is 7.72. The number of ether oxygens (including phenoxy) is 1. The van der Waals surface area contributed by atoms with E-state index in [0.29, 0.717) is 11.6 Å². The molecule has 0 amide bonds. The lowest BCUT2D eigenvalue weighted by atomic mass is 10.3. The van der Waals surface area contributed by atoms with Crippen molar-refractivity contribution in [2.24, 2.45) is 0 Å². The summed E-state index contributed by atoms with van der Waals surface area (Å²) in [5.41, 5.74) is 2.80. The van der Waals surface area contributed by atoms with Crippen LogP contribution in [0.5, 0.6) is 5.75 Å². The molecule has 0 radical (unpaired) electrons. The number of hydrogen-bond donors (Lipinski definition) is 1. The van der Waals surface area contributed by atoms with E-state index < -0.39 is 0 Å². The molecule has 2 aromatic rings. The largest absolute Gasteiger partial charge is 0.492 e. The fourth-order valence-corrected chi connectivity index (χ4v) is 2.17. The number of hydrogen-bond acceptors (Lipinski definition) is 4. The van der Waals surface area contributed by atoms with Gasteiger partial charge in [-0.3, -0.25) is 4.98 Å². The highest BCUT2D eigenvalue weighted by Gasteiger charge is 2.02. The topological polar surface area (TPSA) is 34.1 Å². The molecule has 0 aliphatic rings. The van der Waals surface area contributed by atoms with Crippen LogP contribution in [0.2, 0.25) is 5.02 Å². The van der Waals surface area contributed by atoms with Crippen molar-refractivity contribution in [2.75, 3.05) is 11.9 Å². The summed E-state index contributed by atoms with van der Waals surface area (Å²) in [6, 6.07) is 5.70. The highest BCUT2D eigenvalue weighted by Crippen LogP contribution is 2.27. The number of aromatic nitrogens is 1. The molecule has 5 heteroatoms. The molecule has 2 rings (SSSR count). The predicted octanol–water partition coefficient (Wildman–Crippen LogP) is 3.81. The Labute approximate surface area is 109 Å². The Morgan fingerprint density at radius 2 is 2.35 bits per heavy atom. The zero-order chi connectivity index (χ0) is 12.1. The molecule has 1 N–H and O–H groups in total.